The molecule has 1 aromatic rings. The molecular weight excluding hydrogens is 168 g/mol. The molecule has 0 saturated heterocycles. The SMILES string of the molecule is CC(C)(C)Oc1ccccc1[S]. The van der Waals surface area contributed by atoms with Gasteiger partial charge in [-0.3, -0.25) is 0 Å². The van der Waals surface area contributed by atoms with E-state index in [-0.39, 0.29) is 5.60 Å². The van der Waals surface area contributed by atoms with Gasteiger partial charge in [-0.2, -0.15) is 0 Å². The van der Waals surface area contributed by atoms with E-state index >= 15 is 0 Å². The van der Waals surface area contributed by atoms with E-state index in [9.17, 15) is 0 Å². The summed E-state index contributed by atoms with van der Waals surface area (Å²) in [6, 6.07) is 7.61. The van der Waals surface area contributed by atoms with Crippen LogP contribution in [0.15, 0.2) is 29.2 Å². The summed E-state index contributed by atoms with van der Waals surface area (Å²) in [4.78, 5) is 0.771. The van der Waals surface area contributed by atoms with Crippen LogP contribution in [-0.4, -0.2) is 5.60 Å². The molecule has 0 aliphatic rings. The van der Waals surface area contributed by atoms with E-state index in [1.807, 2.05) is 45.0 Å². The van der Waals surface area contributed by atoms with Crippen LogP contribution in [0.2, 0.25) is 0 Å². The Hall–Kier alpha value is -0.760. The molecule has 0 amide bonds. The Balaban J connectivity index is 2.83. The molecular formula is C10H13OS. The Bertz CT molecular complexity index is 263. The molecule has 0 atom stereocenters. The largest absolute Gasteiger partial charge is 0.487 e. The van der Waals surface area contributed by atoms with E-state index in [2.05, 4.69) is 0 Å². The second-order valence-electron chi connectivity index (χ2n) is 3.66. The van der Waals surface area contributed by atoms with Crippen molar-refractivity contribution in [1.82, 2.24) is 0 Å². The molecule has 0 aromatic heterocycles. The minimum atomic E-state index is -0.172. The molecule has 0 unspecified atom stereocenters. The fourth-order valence-corrected chi connectivity index (χ4v) is 1.05. The molecule has 0 N–H and O–H groups in total. The second-order valence-corrected chi connectivity index (χ2v) is 4.10. The van der Waals surface area contributed by atoms with Crippen molar-refractivity contribution in [2.75, 3.05) is 0 Å². The predicted molar refractivity (Wildman–Crippen MR) is 52.7 cm³/mol. The lowest BCUT2D eigenvalue weighted by Gasteiger charge is -2.21. The molecule has 12 heavy (non-hydrogen) atoms. The smallest absolute Gasteiger partial charge is 0.138 e. The number of hydrogen-bond acceptors (Lipinski definition) is 1. The van der Waals surface area contributed by atoms with Crippen molar-refractivity contribution < 1.29 is 4.74 Å². The summed E-state index contributed by atoms with van der Waals surface area (Å²) < 4.78 is 5.63. The highest BCUT2D eigenvalue weighted by Crippen LogP contribution is 2.25. The molecule has 0 aliphatic heterocycles. The molecule has 65 valence electrons. The average molecular weight is 181 g/mol. The maximum Gasteiger partial charge on any atom is 0.138 e. The first-order valence-corrected chi connectivity index (χ1v) is 4.35. The van der Waals surface area contributed by atoms with Crippen LogP contribution in [0.5, 0.6) is 5.75 Å². The Morgan fingerprint density at radius 2 is 1.75 bits per heavy atom. The third-order valence-corrected chi connectivity index (χ3v) is 1.60. The van der Waals surface area contributed by atoms with E-state index in [1.54, 1.807) is 0 Å². The van der Waals surface area contributed by atoms with Gasteiger partial charge in [0, 0.05) is 0 Å². The van der Waals surface area contributed by atoms with E-state index in [1.165, 1.54) is 0 Å². The van der Waals surface area contributed by atoms with Gasteiger partial charge in [-0.05, 0) is 32.9 Å². The standard InChI is InChI=1S/C10H13OS/c1-10(2,3)11-8-6-4-5-7-9(8)12/h4-7H,1-3H3. The zero-order valence-corrected chi connectivity index (χ0v) is 8.44. The highest BCUT2D eigenvalue weighted by molar-refractivity contribution is 7.80. The molecule has 0 bridgehead atoms. The van der Waals surface area contributed by atoms with E-state index < -0.39 is 0 Å². The van der Waals surface area contributed by atoms with Crippen molar-refractivity contribution in [1.29, 1.82) is 0 Å². The van der Waals surface area contributed by atoms with Crippen LogP contribution in [0.3, 0.4) is 0 Å². The first-order chi connectivity index (χ1) is 5.49. The molecule has 1 nitrogen and oxygen atoms in total. The van der Waals surface area contributed by atoms with Crippen LogP contribution >= 0.6 is 12.6 Å². The lowest BCUT2D eigenvalue weighted by atomic mass is 10.2. The maximum atomic E-state index is 5.63. The topological polar surface area (TPSA) is 9.23 Å². The van der Waals surface area contributed by atoms with Crippen molar-refractivity contribution in [3.05, 3.63) is 24.3 Å². The molecule has 0 spiro atoms. The van der Waals surface area contributed by atoms with Gasteiger partial charge in [0.2, 0.25) is 0 Å². The van der Waals surface area contributed by atoms with Gasteiger partial charge in [-0.15, -0.1) is 0 Å². The van der Waals surface area contributed by atoms with Gasteiger partial charge in [-0.25, -0.2) is 0 Å². The monoisotopic (exact) mass is 181 g/mol. The van der Waals surface area contributed by atoms with Crippen LogP contribution < -0.4 is 4.74 Å². The Kier molecular flexibility index (Phi) is 2.58. The number of rotatable bonds is 1. The van der Waals surface area contributed by atoms with Gasteiger partial charge in [0.1, 0.15) is 11.4 Å². The highest BCUT2D eigenvalue weighted by Gasteiger charge is 2.12. The van der Waals surface area contributed by atoms with Crippen LogP contribution in [0, 0.1) is 0 Å². The van der Waals surface area contributed by atoms with Crippen molar-refractivity contribution in [2.45, 2.75) is 31.3 Å². The van der Waals surface area contributed by atoms with E-state index in [0.29, 0.717) is 0 Å². The minimum Gasteiger partial charge on any atom is -0.487 e. The summed E-state index contributed by atoms with van der Waals surface area (Å²) in [6.45, 7) is 6.03. The quantitative estimate of drug-likeness (QED) is 0.645. The fourth-order valence-electron chi connectivity index (χ4n) is 0.864. The third kappa shape index (κ3) is 2.70. The zero-order valence-electron chi connectivity index (χ0n) is 7.63. The lowest BCUT2D eigenvalue weighted by Crippen LogP contribution is -2.23. The van der Waals surface area contributed by atoms with Gasteiger partial charge in [-0.1, -0.05) is 24.8 Å². The van der Waals surface area contributed by atoms with Gasteiger partial charge in [0.25, 0.3) is 0 Å². The normalized spacial score (nSPS) is 11.2. The molecule has 0 fully saturated rings. The number of ether oxygens (including phenoxy) is 1. The minimum absolute atomic E-state index is 0.172. The number of hydrogen-bond donors (Lipinski definition) is 0. The fraction of sp³-hybridized carbons (Fsp3) is 0.400. The van der Waals surface area contributed by atoms with Crippen LogP contribution in [0.1, 0.15) is 20.8 Å². The summed E-state index contributed by atoms with van der Waals surface area (Å²) >= 11 is 5.10. The van der Waals surface area contributed by atoms with Gasteiger partial charge in [0.05, 0.1) is 4.90 Å². The summed E-state index contributed by atoms with van der Waals surface area (Å²) in [6.07, 6.45) is 0. The Labute approximate surface area is 79.2 Å². The Morgan fingerprint density at radius 3 is 2.25 bits per heavy atom. The molecule has 1 rings (SSSR count). The average Bonchev–Trinajstić information content (AvgIpc) is 1.91. The Morgan fingerprint density at radius 1 is 1.17 bits per heavy atom. The molecule has 2 heteroatoms. The van der Waals surface area contributed by atoms with E-state index in [0.717, 1.165) is 10.6 Å². The van der Waals surface area contributed by atoms with Crippen molar-refractivity contribution in [3.63, 3.8) is 0 Å². The highest BCUT2D eigenvalue weighted by atomic mass is 32.1. The van der Waals surface area contributed by atoms with E-state index in [4.69, 9.17) is 17.4 Å². The molecule has 0 aliphatic carbocycles. The number of benzene rings is 1. The predicted octanol–water partition coefficient (Wildman–Crippen LogP) is 3.42. The van der Waals surface area contributed by atoms with Crippen molar-refractivity contribution in [3.8, 4) is 5.75 Å². The summed E-state index contributed by atoms with van der Waals surface area (Å²) in [5.41, 5.74) is -0.172. The van der Waals surface area contributed by atoms with Gasteiger partial charge >= 0.3 is 0 Å². The summed E-state index contributed by atoms with van der Waals surface area (Å²) in [5.74, 6) is 0.792. The van der Waals surface area contributed by atoms with Crippen LogP contribution in [0.25, 0.3) is 0 Å². The summed E-state index contributed by atoms with van der Waals surface area (Å²) in [5, 5.41) is 0. The van der Waals surface area contributed by atoms with Crippen LogP contribution in [-0.2, 0) is 0 Å². The van der Waals surface area contributed by atoms with Gasteiger partial charge < -0.3 is 4.74 Å². The first kappa shape index (κ1) is 9.33. The van der Waals surface area contributed by atoms with Gasteiger partial charge in [0.15, 0.2) is 0 Å². The second kappa shape index (κ2) is 3.31. The lowest BCUT2D eigenvalue weighted by molar-refractivity contribution is 0.127. The van der Waals surface area contributed by atoms with Crippen molar-refractivity contribution >= 4 is 12.6 Å². The molecule has 0 saturated carbocycles. The maximum absolute atomic E-state index is 5.63. The molecule has 1 aromatic carbocycles. The van der Waals surface area contributed by atoms with Crippen LogP contribution in [0.4, 0.5) is 0 Å². The molecule has 0 heterocycles. The number of para-hydroxylation sites is 1. The first-order valence-electron chi connectivity index (χ1n) is 3.94. The molecule has 1 radical (unpaired) electrons. The zero-order chi connectivity index (χ0) is 9.19. The third-order valence-electron chi connectivity index (χ3n) is 1.27. The summed E-state index contributed by atoms with van der Waals surface area (Å²) in [7, 11) is 0. The van der Waals surface area contributed by atoms with Crippen molar-refractivity contribution in [2.24, 2.45) is 0 Å².